The summed E-state index contributed by atoms with van der Waals surface area (Å²) in [7, 11) is 1.98. The van der Waals surface area contributed by atoms with Crippen LogP contribution >= 0.6 is 0 Å². The molecule has 2 heterocycles. The van der Waals surface area contributed by atoms with Gasteiger partial charge in [0, 0.05) is 25.6 Å². The number of rotatable bonds is 8. The zero-order valence-corrected chi connectivity index (χ0v) is 21.7. The summed E-state index contributed by atoms with van der Waals surface area (Å²) in [6, 6.07) is 23.0. The van der Waals surface area contributed by atoms with Crippen LogP contribution in [0.2, 0.25) is 0 Å². The van der Waals surface area contributed by atoms with Crippen molar-refractivity contribution in [1.29, 1.82) is 5.26 Å². The number of carboxylic acid groups (broad SMARTS) is 1. The Morgan fingerprint density at radius 2 is 1.95 bits per heavy atom. The number of nitrogens with two attached hydrogens (primary N) is 2. The van der Waals surface area contributed by atoms with Crippen molar-refractivity contribution in [3.05, 3.63) is 107 Å². The van der Waals surface area contributed by atoms with Gasteiger partial charge in [0.15, 0.2) is 0 Å². The van der Waals surface area contributed by atoms with Crippen LogP contribution in [0.5, 0.6) is 11.5 Å². The van der Waals surface area contributed by atoms with Gasteiger partial charge < -0.3 is 25.2 Å². The fourth-order valence-electron chi connectivity index (χ4n) is 4.38. The number of likely N-dealkylation sites (N-methyl/N-ethyl adjacent to an activating group) is 1. The van der Waals surface area contributed by atoms with Gasteiger partial charge in [0.2, 0.25) is 5.88 Å². The predicted molar refractivity (Wildman–Crippen MR) is 148 cm³/mol. The lowest BCUT2D eigenvalue weighted by Gasteiger charge is -2.33. The van der Waals surface area contributed by atoms with Crippen LogP contribution < -0.4 is 21.1 Å². The van der Waals surface area contributed by atoms with E-state index in [0.29, 0.717) is 17.9 Å². The zero-order valence-electron chi connectivity index (χ0n) is 21.7. The first-order chi connectivity index (χ1) is 19.3. The average molecular weight is 538 g/mol. The standard InChI is InChI=1S/C29H27N7O4/c1-35-13-12-33-26(35)20-8-5-9-21(16-20)39-29-34-23(14-18-6-3-2-4-7-18)25(31)27(36(29)32)40-24-15-19(17-30)10-11-22(24)28(37)38/h2-11,15-16,29H,12-14,31-32H2,1H3,(H,37,38). The number of aliphatic imine (C=N–C) groups is 2. The monoisotopic (exact) mass is 537 g/mol. The van der Waals surface area contributed by atoms with Gasteiger partial charge in [0.1, 0.15) is 28.6 Å². The number of amidine groups is 1. The summed E-state index contributed by atoms with van der Waals surface area (Å²) in [5, 5.41) is 20.2. The Labute approximate surface area is 230 Å². The third-order valence-electron chi connectivity index (χ3n) is 6.43. The molecule has 0 aromatic heterocycles. The molecule has 1 unspecified atom stereocenters. The van der Waals surface area contributed by atoms with E-state index in [2.05, 4.69) is 14.9 Å². The van der Waals surface area contributed by atoms with Gasteiger partial charge in [-0.25, -0.2) is 20.6 Å². The fraction of sp³-hybridized carbons (Fsp3) is 0.172. The van der Waals surface area contributed by atoms with Gasteiger partial charge in [-0.15, -0.1) is 0 Å². The van der Waals surface area contributed by atoms with Crippen molar-refractivity contribution in [3.8, 4) is 17.6 Å². The lowest BCUT2D eigenvalue weighted by Crippen LogP contribution is -2.49. The van der Waals surface area contributed by atoms with Crippen LogP contribution in [0.15, 0.2) is 94.4 Å². The van der Waals surface area contributed by atoms with Crippen LogP contribution in [0.1, 0.15) is 27.0 Å². The number of aromatic carboxylic acids is 1. The Morgan fingerprint density at radius 3 is 2.65 bits per heavy atom. The molecular formula is C29H27N7O4. The molecule has 0 saturated carbocycles. The highest BCUT2D eigenvalue weighted by atomic mass is 16.5. The molecule has 0 amide bonds. The second-order valence-electron chi connectivity index (χ2n) is 9.19. The molecule has 1 atom stereocenters. The van der Waals surface area contributed by atoms with E-state index in [1.54, 1.807) is 6.07 Å². The summed E-state index contributed by atoms with van der Waals surface area (Å²) >= 11 is 0. The Morgan fingerprint density at radius 1 is 1.15 bits per heavy atom. The van der Waals surface area contributed by atoms with Crippen molar-refractivity contribution in [2.75, 3.05) is 20.1 Å². The number of hydrazine groups is 1. The molecule has 11 nitrogen and oxygen atoms in total. The smallest absolute Gasteiger partial charge is 0.339 e. The second kappa shape index (κ2) is 11.2. The highest BCUT2D eigenvalue weighted by Crippen LogP contribution is 2.28. The Kier molecular flexibility index (Phi) is 7.35. The van der Waals surface area contributed by atoms with Crippen molar-refractivity contribution < 1.29 is 19.4 Å². The van der Waals surface area contributed by atoms with Gasteiger partial charge in [0.25, 0.3) is 6.35 Å². The number of nitriles is 1. The molecule has 0 aliphatic carbocycles. The van der Waals surface area contributed by atoms with Crippen molar-refractivity contribution in [2.24, 2.45) is 21.6 Å². The minimum atomic E-state index is -1.24. The predicted octanol–water partition coefficient (Wildman–Crippen LogP) is 2.69. The molecule has 11 heteroatoms. The number of allylic oxidation sites excluding steroid dienone is 1. The number of carboxylic acids is 1. The van der Waals surface area contributed by atoms with Gasteiger partial charge in [-0.1, -0.05) is 42.5 Å². The van der Waals surface area contributed by atoms with E-state index in [1.807, 2.05) is 61.6 Å². The molecule has 0 fully saturated rings. The van der Waals surface area contributed by atoms with E-state index in [0.717, 1.165) is 35.1 Å². The molecule has 202 valence electrons. The number of hydrogen-bond acceptors (Lipinski definition) is 10. The van der Waals surface area contributed by atoms with E-state index in [1.165, 1.54) is 18.2 Å². The molecule has 3 aromatic carbocycles. The highest BCUT2D eigenvalue weighted by molar-refractivity contribution is 6.02. The Bertz CT molecular complexity index is 1580. The van der Waals surface area contributed by atoms with Crippen LogP contribution in [0.3, 0.4) is 0 Å². The molecule has 0 spiro atoms. The van der Waals surface area contributed by atoms with Gasteiger partial charge in [-0.2, -0.15) is 5.26 Å². The van der Waals surface area contributed by atoms with Crippen LogP contribution in [0, 0.1) is 11.3 Å². The van der Waals surface area contributed by atoms with Crippen LogP contribution in [0.25, 0.3) is 0 Å². The highest BCUT2D eigenvalue weighted by Gasteiger charge is 2.32. The van der Waals surface area contributed by atoms with Crippen molar-refractivity contribution in [1.82, 2.24) is 9.91 Å². The normalized spacial score (nSPS) is 16.8. The van der Waals surface area contributed by atoms with Gasteiger partial charge in [-0.3, -0.25) is 4.99 Å². The first kappa shape index (κ1) is 26.3. The maximum absolute atomic E-state index is 11.9. The van der Waals surface area contributed by atoms with Crippen LogP contribution in [-0.2, 0) is 6.42 Å². The number of benzene rings is 3. The lowest BCUT2D eigenvalue weighted by molar-refractivity contribution is 0.0223. The molecule has 40 heavy (non-hydrogen) atoms. The summed E-state index contributed by atoms with van der Waals surface area (Å²) < 4.78 is 12.2. The zero-order chi connectivity index (χ0) is 28.2. The van der Waals surface area contributed by atoms with E-state index in [9.17, 15) is 15.2 Å². The first-order valence-electron chi connectivity index (χ1n) is 12.5. The summed E-state index contributed by atoms with van der Waals surface area (Å²) in [6.07, 6.45) is -0.745. The number of hydrogen-bond donors (Lipinski definition) is 3. The lowest BCUT2D eigenvalue weighted by atomic mass is 10.1. The molecule has 2 aliphatic rings. The Balaban J connectivity index is 1.51. The average Bonchev–Trinajstić information content (AvgIpc) is 3.40. The SMILES string of the molecule is CN1CCN=C1c1cccc(OC2N=C(Cc3ccccc3)C(N)=C(Oc3cc(C#N)ccc3C(=O)O)N2N)c1. The molecular weight excluding hydrogens is 510 g/mol. The molecule has 5 rings (SSSR count). The fourth-order valence-corrected chi connectivity index (χ4v) is 4.38. The van der Waals surface area contributed by atoms with Crippen LogP contribution in [-0.4, -0.2) is 59.0 Å². The van der Waals surface area contributed by atoms with E-state index in [-0.39, 0.29) is 28.5 Å². The quantitative estimate of drug-likeness (QED) is 0.367. The van der Waals surface area contributed by atoms with E-state index in [4.69, 9.17) is 21.1 Å². The summed E-state index contributed by atoms with van der Waals surface area (Å²) in [6.45, 7) is 1.56. The van der Waals surface area contributed by atoms with Crippen molar-refractivity contribution >= 4 is 17.5 Å². The van der Waals surface area contributed by atoms with Crippen molar-refractivity contribution in [2.45, 2.75) is 12.8 Å². The number of ether oxygens (including phenoxy) is 2. The third kappa shape index (κ3) is 5.43. The first-order valence-corrected chi connectivity index (χ1v) is 12.5. The van der Waals surface area contributed by atoms with Crippen molar-refractivity contribution in [3.63, 3.8) is 0 Å². The molecule has 0 bridgehead atoms. The number of nitrogens with zero attached hydrogens (tertiary/aromatic N) is 5. The van der Waals surface area contributed by atoms with Gasteiger partial charge in [0.05, 0.1) is 23.9 Å². The van der Waals surface area contributed by atoms with E-state index >= 15 is 0 Å². The van der Waals surface area contributed by atoms with Crippen LogP contribution in [0.4, 0.5) is 0 Å². The topological polar surface area (TPSA) is 163 Å². The summed E-state index contributed by atoms with van der Waals surface area (Å²) in [5.41, 5.74) is 8.92. The third-order valence-corrected chi connectivity index (χ3v) is 6.43. The molecule has 5 N–H and O–H groups in total. The molecule has 3 aromatic rings. The molecule has 0 radical (unpaired) electrons. The minimum absolute atomic E-state index is 0.0559. The summed E-state index contributed by atoms with van der Waals surface area (Å²) in [4.78, 5) is 23.2. The summed E-state index contributed by atoms with van der Waals surface area (Å²) in [5.74, 6) is 6.40. The van der Waals surface area contributed by atoms with E-state index < -0.39 is 12.3 Å². The Hall–Kier alpha value is -5.34. The largest absolute Gasteiger partial charge is 0.478 e. The van der Waals surface area contributed by atoms with Gasteiger partial charge in [-0.05, 0) is 35.9 Å². The molecule has 2 aliphatic heterocycles. The minimum Gasteiger partial charge on any atom is -0.478 e. The molecule has 0 saturated heterocycles. The number of carbonyl (C=O) groups is 1. The second-order valence-corrected chi connectivity index (χ2v) is 9.19. The maximum atomic E-state index is 11.9. The maximum Gasteiger partial charge on any atom is 0.339 e. The van der Waals surface area contributed by atoms with Gasteiger partial charge >= 0.3 is 5.97 Å².